The Kier molecular flexibility index (Phi) is 3.76. The van der Waals surface area contributed by atoms with Crippen molar-refractivity contribution in [1.29, 1.82) is 0 Å². The minimum atomic E-state index is -0.0521. The van der Waals surface area contributed by atoms with Gasteiger partial charge in [0, 0.05) is 19.3 Å². The maximum absolute atomic E-state index is 11.9. The van der Waals surface area contributed by atoms with Crippen LogP contribution in [0, 0.1) is 0 Å². The Bertz CT molecular complexity index is 590. The molecule has 5 nitrogen and oxygen atoms in total. The van der Waals surface area contributed by atoms with Crippen LogP contribution in [0.3, 0.4) is 0 Å². The molecule has 2 rings (SSSR count). The Hall–Kier alpha value is -1.69. The Labute approximate surface area is 110 Å². The van der Waals surface area contributed by atoms with E-state index in [1.165, 1.54) is 11.3 Å². The van der Waals surface area contributed by atoms with Gasteiger partial charge in [0.25, 0.3) is 5.56 Å². The molecule has 2 aromatic rings. The van der Waals surface area contributed by atoms with E-state index in [-0.39, 0.29) is 5.56 Å². The van der Waals surface area contributed by atoms with Crippen molar-refractivity contribution >= 4 is 16.5 Å². The van der Waals surface area contributed by atoms with E-state index in [1.807, 2.05) is 6.07 Å². The number of aromatic nitrogens is 3. The van der Waals surface area contributed by atoms with Crippen LogP contribution >= 0.6 is 11.3 Å². The van der Waals surface area contributed by atoms with E-state index < -0.39 is 0 Å². The van der Waals surface area contributed by atoms with Crippen LogP contribution < -0.4 is 10.9 Å². The first-order valence-corrected chi connectivity index (χ1v) is 6.69. The van der Waals surface area contributed by atoms with Crippen molar-refractivity contribution in [2.45, 2.75) is 26.3 Å². The number of hydrogen-bond acceptors (Lipinski definition) is 5. The topological polar surface area (TPSA) is 59.8 Å². The highest BCUT2D eigenvalue weighted by Crippen LogP contribution is 2.24. The number of pyridine rings is 1. The summed E-state index contributed by atoms with van der Waals surface area (Å²) in [4.78, 5) is 11.9. The minimum Gasteiger partial charge on any atom is -0.358 e. The molecular formula is C12H16N4OS. The number of aryl methyl sites for hydroxylation is 1. The summed E-state index contributed by atoms with van der Waals surface area (Å²) in [6.07, 6.45) is 2.74. The average Bonchev–Trinajstić information content (AvgIpc) is 2.80. The SMILES string of the molecule is CCC(C)Nc1nnc(-c2cccn(C)c2=O)s1. The van der Waals surface area contributed by atoms with Gasteiger partial charge < -0.3 is 9.88 Å². The highest BCUT2D eigenvalue weighted by molar-refractivity contribution is 7.18. The van der Waals surface area contributed by atoms with Gasteiger partial charge in [-0.1, -0.05) is 18.3 Å². The van der Waals surface area contributed by atoms with Crippen LogP contribution in [0.25, 0.3) is 10.6 Å². The molecule has 0 radical (unpaired) electrons. The van der Waals surface area contributed by atoms with E-state index in [0.29, 0.717) is 16.6 Å². The maximum atomic E-state index is 11.9. The van der Waals surface area contributed by atoms with Crippen LogP contribution in [0.2, 0.25) is 0 Å². The van der Waals surface area contributed by atoms with E-state index in [9.17, 15) is 4.79 Å². The van der Waals surface area contributed by atoms with Gasteiger partial charge in [-0.25, -0.2) is 0 Å². The quantitative estimate of drug-likeness (QED) is 0.919. The molecule has 0 aliphatic carbocycles. The second kappa shape index (κ2) is 5.30. The van der Waals surface area contributed by atoms with Crippen LogP contribution in [0.5, 0.6) is 0 Å². The van der Waals surface area contributed by atoms with Crippen LogP contribution in [0.1, 0.15) is 20.3 Å². The van der Waals surface area contributed by atoms with Gasteiger partial charge in [0.1, 0.15) is 0 Å². The predicted octanol–water partition coefficient (Wildman–Crippen LogP) is 2.11. The fourth-order valence-corrected chi connectivity index (χ4v) is 2.34. The molecule has 0 saturated heterocycles. The van der Waals surface area contributed by atoms with Gasteiger partial charge in [-0.15, -0.1) is 10.2 Å². The molecule has 96 valence electrons. The van der Waals surface area contributed by atoms with Gasteiger partial charge >= 0.3 is 0 Å². The highest BCUT2D eigenvalue weighted by atomic mass is 32.1. The molecule has 0 fully saturated rings. The van der Waals surface area contributed by atoms with Crippen LogP contribution in [0.4, 0.5) is 5.13 Å². The monoisotopic (exact) mass is 264 g/mol. The zero-order valence-electron chi connectivity index (χ0n) is 10.7. The second-order valence-electron chi connectivity index (χ2n) is 4.20. The van der Waals surface area contributed by atoms with Crippen molar-refractivity contribution in [2.75, 3.05) is 5.32 Å². The summed E-state index contributed by atoms with van der Waals surface area (Å²) in [5.41, 5.74) is 0.540. The standard InChI is InChI=1S/C12H16N4OS/c1-4-8(2)13-12-15-14-10(18-12)9-6-5-7-16(3)11(9)17/h5-8H,4H2,1-3H3,(H,13,15). The Morgan fingerprint density at radius 2 is 2.28 bits per heavy atom. The number of nitrogens with one attached hydrogen (secondary N) is 1. The summed E-state index contributed by atoms with van der Waals surface area (Å²) >= 11 is 1.41. The molecule has 0 aliphatic heterocycles. The smallest absolute Gasteiger partial charge is 0.260 e. The van der Waals surface area contributed by atoms with E-state index >= 15 is 0 Å². The number of nitrogens with zero attached hydrogens (tertiary/aromatic N) is 3. The normalized spacial score (nSPS) is 12.4. The average molecular weight is 264 g/mol. The Morgan fingerprint density at radius 1 is 1.50 bits per heavy atom. The molecule has 6 heteroatoms. The lowest BCUT2D eigenvalue weighted by atomic mass is 10.3. The van der Waals surface area contributed by atoms with Gasteiger partial charge in [-0.2, -0.15) is 0 Å². The van der Waals surface area contributed by atoms with Gasteiger partial charge in [0.05, 0.1) is 5.56 Å². The van der Waals surface area contributed by atoms with Crippen molar-refractivity contribution in [3.05, 3.63) is 28.7 Å². The molecule has 1 N–H and O–H groups in total. The van der Waals surface area contributed by atoms with E-state index in [0.717, 1.165) is 11.6 Å². The maximum Gasteiger partial charge on any atom is 0.260 e. The van der Waals surface area contributed by atoms with E-state index in [2.05, 4.69) is 29.4 Å². The summed E-state index contributed by atoms with van der Waals surface area (Å²) in [6, 6.07) is 3.96. The zero-order chi connectivity index (χ0) is 13.1. The van der Waals surface area contributed by atoms with Gasteiger partial charge in [0.15, 0.2) is 5.01 Å². The molecule has 0 aromatic carbocycles. The lowest BCUT2D eigenvalue weighted by Gasteiger charge is -2.07. The van der Waals surface area contributed by atoms with E-state index in [1.54, 1.807) is 23.9 Å². The molecule has 0 amide bonds. The van der Waals surface area contributed by atoms with Crippen LogP contribution in [0.15, 0.2) is 23.1 Å². The molecule has 1 atom stereocenters. The third kappa shape index (κ3) is 2.59. The number of rotatable bonds is 4. The van der Waals surface area contributed by atoms with Crippen molar-refractivity contribution < 1.29 is 0 Å². The highest BCUT2D eigenvalue weighted by Gasteiger charge is 2.11. The molecule has 0 spiro atoms. The molecule has 2 heterocycles. The van der Waals surface area contributed by atoms with Crippen LogP contribution in [-0.4, -0.2) is 20.8 Å². The van der Waals surface area contributed by atoms with Crippen molar-refractivity contribution in [3.63, 3.8) is 0 Å². The van der Waals surface area contributed by atoms with E-state index in [4.69, 9.17) is 0 Å². The van der Waals surface area contributed by atoms with Crippen molar-refractivity contribution in [2.24, 2.45) is 7.05 Å². The van der Waals surface area contributed by atoms with Gasteiger partial charge in [-0.05, 0) is 25.5 Å². The molecule has 0 saturated carbocycles. The molecule has 0 bridgehead atoms. The number of anilines is 1. The first-order valence-electron chi connectivity index (χ1n) is 5.88. The molecule has 0 aliphatic rings. The Balaban J connectivity index is 2.30. The van der Waals surface area contributed by atoms with Crippen LogP contribution in [-0.2, 0) is 7.05 Å². The minimum absolute atomic E-state index is 0.0521. The third-order valence-corrected chi connectivity index (χ3v) is 3.65. The molecular weight excluding hydrogens is 248 g/mol. The molecule has 1 unspecified atom stereocenters. The lowest BCUT2D eigenvalue weighted by Crippen LogP contribution is -2.17. The summed E-state index contributed by atoms with van der Waals surface area (Å²) in [7, 11) is 1.73. The van der Waals surface area contributed by atoms with Gasteiger partial charge in [0.2, 0.25) is 5.13 Å². The van der Waals surface area contributed by atoms with Gasteiger partial charge in [-0.3, -0.25) is 4.79 Å². The van der Waals surface area contributed by atoms with Crippen molar-refractivity contribution in [3.8, 4) is 10.6 Å². The van der Waals surface area contributed by atoms with Crippen molar-refractivity contribution in [1.82, 2.24) is 14.8 Å². The second-order valence-corrected chi connectivity index (χ2v) is 5.18. The number of hydrogen-bond donors (Lipinski definition) is 1. The fourth-order valence-electron chi connectivity index (χ4n) is 1.46. The summed E-state index contributed by atoms with van der Waals surface area (Å²) < 4.78 is 1.54. The molecule has 18 heavy (non-hydrogen) atoms. The zero-order valence-corrected chi connectivity index (χ0v) is 11.5. The summed E-state index contributed by atoms with van der Waals surface area (Å²) in [6.45, 7) is 4.19. The first-order chi connectivity index (χ1) is 8.61. The fraction of sp³-hybridized carbons (Fsp3) is 0.417. The molecule has 2 aromatic heterocycles. The lowest BCUT2D eigenvalue weighted by molar-refractivity contribution is 0.760. The Morgan fingerprint density at radius 3 is 3.00 bits per heavy atom. The summed E-state index contributed by atoms with van der Waals surface area (Å²) in [5, 5.41) is 12.8. The predicted molar refractivity (Wildman–Crippen MR) is 74.0 cm³/mol. The first kappa shape index (κ1) is 12.8. The largest absolute Gasteiger partial charge is 0.358 e. The third-order valence-electron chi connectivity index (χ3n) is 2.76. The summed E-state index contributed by atoms with van der Waals surface area (Å²) in [5.74, 6) is 0.